The fraction of sp³-hybridized carbons (Fsp3) is 0.571. The standard InChI is InChI=1S/C14H20N2O3/c1-10-4-5-11(6-15-10)13(18)16-7-12(8-17)19-14(2,3)9-16/h4-6,12,17H,7-9H2,1-3H3. The molecule has 1 N–H and O–H groups in total. The fourth-order valence-electron chi connectivity index (χ4n) is 2.32. The van der Waals surface area contributed by atoms with E-state index in [1.54, 1.807) is 17.2 Å². The van der Waals surface area contributed by atoms with Crippen molar-refractivity contribution in [3.05, 3.63) is 29.6 Å². The monoisotopic (exact) mass is 264 g/mol. The van der Waals surface area contributed by atoms with Gasteiger partial charge in [-0.25, -0.2) is 0 Å². The van der Waals surface area contributed by atoms with Crippen LogP contribution in [0, 0.1) is 6.92 Å². The second-order valence-electron chi connectivity index (χ2n) is 5.56. The Morgan fingerprint density at radius 1 is 1.58 bits per heavy atom. The SMILES string of the molecule is Cc1ccc(C(=O)N2CC(CO)OC(C)(C)C2)cn1. The molecule has 5 heteroatoms. The van der Waals surface area contributed by atoms with E-state index in [9.17, 15) is 9.90 Å². The summed E-state index contributed by atoms with van der Waals surface area (Å²) in [4.78, 5) is 18.3. The van der Waals surface area contributed by atoms with E-state index in [0.717, 1.165) is 5.69 Å². The molecule has 1 aromatic heterocycles. The summed E-state index contributed by atoms with van der Waals surface area (Å²) in [6, 6.07) is 3.60. The highest BCUT2D eigenvalue weighted by Gasteiger charge is 2.35. The molecule has 0 radical (unpaired) electrons. The van der Waals surface area contributed by atoms with E-state index >= 15 is 0 Å². The van der Waals surface area contributed by atoms with Crippen LogP contribution in [0.5, 0.6) is 0 Å². The van der Waals surface area contributed by atoms with E-state index in [0.29, 0.717) is 18.7 Å². The van der Waals surface area contributed by atoms with Gasteiger partial charge >= 0.3 is 0 Å². The molecule has 5 nitrogen and oxygen atoms in total. The van der Waals surface area contributed by atoms with Crippen LogP contribution in [0.4, 0.5) is 0 Å². The molecule has 0 bridgehead atoms. The number of rotatable bonds is 2. The summed E-state index contributed by atoms with van der Waals surface area (Å²) in [6.07, 6.45) is 1.26. The zero-order valence-corrected chi connectivity index (χ0v) is 11.6. The lowest BCUT2D eigenvalue weighted by molar-refractivity contribution is -0.139. The minimum atomic E-state index is -0.445. The zero-order valence-electron chi connectivity index (χ0n) is 11.6. The van der Waals surface area contributed by atoms with E-state index in [-0.39, 0.29) is 18.6 Å². The van der Waals surface area contributed by atoms with Gasteiger partial charge in [-0.15, -0.1) is 0 Å². The molecule has 2 rings (SSSR count). The minimum absolute atomic E-state index is 0.0673. The number of amides is 1. The van der Waals surface area contributed by atoms with Crippen LogP contribution in [0.15, 0.2) is 18.3 Å². The molecule has 1 atom stereocenters. The summed E-state index contributed by atoms with van der Waals surface area (Å²) in [7, 11) is 0. The van der Waals surface area contributed by atoms with Crippen molar-refractivity contribution in [2.45, 2.75) is 32.5 Å². The van der Waals surface area contributed by atoms with Crippen LogP contribution in [-0.4, -0.2) is 52.3 Å². The summed E-state index contributed by atoms with van der Waals surface area (Å²) in [5, 5.41) is 9.25. The number of hydrogen-bond donors (Lipinski definition) is 1. The smallest absolute Gasteiger partial charge is 0.255 e. The summed E-state index contributed by atoms with van der Waals surface area (Å²) in [6.45, 7) is 6.56. The molecule has 1 aromatic rings. The lowest BCUT2D eigenvalue weighted by Gasteiger charge is -2.42. The van der Waals surface area contributed by atoms with Crippen LogP contribution in [0.2, 0.25) is 0 Å². The highest BCUT2D eigenvalue weighted by atomic mass is 16.5. The number of carbonyl (C=O) groups excluding carboxylic acids is 1. The first kappa shape index (κ1) is 14.0. The molecule has 1 saturated heterocycles. The second-order valence-corrected chi connectivity index (χ2v) is 5.56. The molecule has 1 amide bonds. The molecule has 0 saturated carbocycles. The molecule has 19 heavy (non-hydrogen) atoms. The number of nitrogens with zero attached hydrogens (tertiary/aromatic N) is 2. The van der Waals surface area contributed by atoms with Gasteiger partial charge in [0.05, 0.1) is 23.9 Å². The van der Waals surface area contributed by atoms with Crippen molar-refractivity contribution >= 4 is 5.91 Å². The number of aliphatic hydroxyl groups excluding tert-OH is 1. The number of aromatic nitrogens is 1. The van der Waals surface area contributed by atoms with E-state index in [4.69, 9.17) is 4.74 Å². The normalized spacial score (nSPS) is 22.3. The molecular weight excluding hydrogens is 244 g/mol. The van der Waals surface area contributed by atoms with Gasteiger partial charge in [-0.05, 0) is 32.9 Å². The van der Waals surface area contributed by atoms with Gasteiger partial charge in [0.2, 0.25) is 0 Å². The number of aliphatic hydroxyl groups is 1. The predicted molar refractivity (Wildman–Crippen MR) is 70.9 cm³/mol. The molecule has 1 fully saturated rings. The first-order valence-electron chi connectivity index (χ1n) is 6.42. The third-order valence-electron chi connectivity index (χ3n) is 3.13. The fourth-order valence-corrected chi connectivity index (χ4v) is 2.32. The van der Waals surface area contributed by atoms with Gasteiger partial charge in [0.15, 0.2) is 0 Å². The van der Waals surface area contributed by atoms with Crippen LogP contribution in [0.1, 0.15) is 29.9 Å². The molecule has 104 valence electrons. The van der Waals surface area contributed by atoms with Crippen molar-refractivity contribution in [3.63, 3.8) is 0 Å². The topological polar surface area (TPSA) is 62.7 Å². The summed E-state index contributed by atoms with van der Waals surface area (Å²) >= 11 is 0. The maximum Gasteiger partial charge on any atom is 0.255 e. The Labute approximate surface area is 113 Å². The zero-order chi connectivity index (χ0) is 14.0. The first-order valence-corrected chi connectivity index (χ1v) is 6.42. The van der Waals surface area contributed by atoms with Gasteiger partial charge in [-0.2, -0.15) is 0 Å². The Balaban J connectivity index is 2.16. The third kappa shape index (κ3) is 3.30. The molecule has 0 aliphatic carbocycles. The molecule has 1 unspecified atom stereocenters. The number of carbonyl (C=O) groups is 1. The average Bonchev–Trinajstić information content (AvgIpc) is 2.37. The predicted octanol–water partition coefficient (Wildman–Crippen LogP) is 1.00. The Morgan fingerprint density at radius 3 is 2.89 bits per heavy atom. The first-order chi connectivity index (χ1) is 8.91. The van der Waals surface area contributed by atoms with Crippen LogP contribution in [-0.2, 0) is 4.74 Å². The van der Waals surface area contributed by atoms with Crippen LogP contribution in [0.3, 0.4) is 0 Å². The Kier molecular flexibility index (Phi) is 3.87. The van der Waals surface area contributed by atoms with Crippen LogP contribution < -0.4 is 0 Å². The van der Waals surface area contributed by atoms with E-state index in [2.05, 4.69) is 4.98 Å². The summed E-state index contributed by atoms with van der Waals surface area (Å²) in [5.41, 5.74) is 1.01. The minimum Gasteiger partial charge on any atom is -0.394 e. The van der Waals surface area contributed by atoms with Crippen molar-refractivity contribution in [2.24, 2.45) is 0 Å². The van der Waals surface area contributed by atoms with Crippen LogP contribution in [0.25, 0.3) is 0 Å². The maximum atomic E-state index is 12.4. The van der Waals surface area contributed by atoms with E-state index in [1.807, 2.05) is 26.8 Å². The number of aryl methyl sites for hydroxylation is 1. The highest BCUT2D eigenvalue weighted by molar-refractivity contribution is 5.94. The van der Waals surface area contributed by atoms with Crippen molar-refractivity contribution in [3.8, 4) is 0 Å². The Bertz CT molecular complexity index is 456. The lowest BCUT2D eigenvalue weighted by Crippen LogP contribution is -2.55. The lowest BCUT2D eigenvalue weighted by atomic mass is 10.0. The van der Waals surface area contributed by atoms with Gasteiger partial charge < -0.3 is 14.7 Å². The summed E-state index contributed by atoms with van der Waals surface area (Å²) < 4.78 is 5.70. The van der Waals surface area contributed by atoms with E-state index in [1.165, 1.54) is 0 Å². The van der Waals surface area contributed by atoms with E-state index < -0.39 is 5.60 Å². The highest BCUT2D eigenvalue weighted by Crippen LogP contribution is 2.22. The Hall–Kier alpha value is -1.46. The Morgan fingerprint density at radius 2 is 2.32 bits per heavy atom. The van der Waals surface area contributed by atoms with Crippen molar-refractivity contribution in [2.75, 3.05) is 19.7 Å². The van der Waals surface area contributed by atoms with Crippen molar-refractivity contribution in [1.29, 1.82) is 0 Å². The van der Waals surface area contributed by atoms with Gasteiger partial charge in [0, 0.05) is 25.0 Å². The number of hydrogen-bond acceptors (Lipinski definition) is 4. The van der Waals surface area contributed by atoms with Gasteiger partial charge in [-0.3, -0.25) is 9.78 Å². The van der Waals surface area contributed by atoms with Gasteiger partial charge in [-0.1, -0.05) is 0 Å². The van der Waals surface area contributed by atoms with Crippen molar-refractivity contribution in [1.82, 2.24) is 9.88 Å². The van der Waals surface area contributed by atoms with Crippen LogP contribution >= 0.6 is 0 Å². The molecule has 1 aliphatic rings. The van der Waals surface area contributed by atoms with Gasteiger partial charge in [0.25, 0.3) is 5.91 Å². The average molecular weight is 264 g/mol. The number of pyridine rings is 1. The summed E-state index contributed by atoms with van der Waals surface area (Å²) in [5.74, 6) is -0.0673. The maximum absolute atomic E-state index is 12.4. The number of morpholine rings is 1. The largest absolute Gasteiger partial charge is 0.394 e. The molecule has 2 heterocycles. The number of ether oxygens (including phenoxy) is 1. The van der Waals surface area contributed by atoms with Crippen molar-refractivity contribution < 1.29 is 14.6 Å². The quantitative estimate of drug-likeness (QED) is 0.865. The third-order valence-corrected chi connectivity index (χ3v) is 3.13. The molecule has 1 aliphatic heterocycles. The molecular formula is C14H20N2O3. The van der Waals surface area contributed by atoms with Gasteiger partial charge in [0.1, 0.15) is 0 Å². The molecule has 0 aromatic carbocycles. The molecule has 0 spiro atoms. The second kappa shape index (κ2) is 5.27.